The van der Waals surface area contributed by atoms with Crippen molar-refractivity contribution < 1.29 is 0 Å². The molecule has 1 aliphatic rings. The Hall–Kier alpha value is -1.96. The third kappa shape index (κ3) is 2.38. The van der Waals surface area contributed by atoms with Gasteiger partial charge in [-0.1, -0.05) is 24.3 Å². The molecule has 104 valence electrons. The number of benzene rings is 2. The second-order valence-corrected chi connectivity index (χ2v) is 5.42. The van der Waals surface area contributed by atoms with Gasteiger partial charge < -0.3 is 10.2 Å². The molecule has 0 saturated carbocycles. The topological polar surface area (TPSA) is 15.3 Å². The maximum atomic E-state index is 3.59. The lowest BCUT2D eigenvalue weighted by Crippen LogP contribution is -2.21. The van der Waals surface area contributed by atoms with Crippen LogP contribution in [0.4, 0.5) is 17.1 Å². The fourth-order valence-electron chi connectivity index (χ4n) is 3.00. The van der Waals surface area contributed by atoms with Gasteiger partial charge in [0, 0.05) is 18.8 Å². The summed E-state index contributed by atoms with van der Waals surface area (Å²) < 4.78 is 0. The zero-order valence-corrected chi connectivity index (χ0v) is 12.3. The van der Waals surface area contributed by atoms with Gasteiger partial charge in [-0.15, -0.1) is 0 Å². The number of aryl methyl sites for hydroxylation is 2. The standard InChI is InChI=1S/C18H22N2/c1-3-20(16-10-4-7-14(2)13-16)17-11-5-8-15-9-6-12-19-18(15)17/h4-5,7-8,10-11,13,19H,3,6,9,12H2,1-2H3. The van der Waals surface area contributed by atoms with Gasteiger partial charge in [0.15, 0.2) is 0 Å². The number of rotatable bonds is 3. The molecule has 20 heavy (non-hydrogen) atoms. The first-order valence-electron chi connectivity index (χ1n) is 7.49. The summed E-state index contributed by atoms with van der Waals surface area (Å²) in [5.41, 5.74) is 6.64. The molecular formula is C18H22N2. The smallest absolute Gasteiger partial charge is 0.0649 e. The molecule has 1 aliphatic heterocycles. The van der Waals surface area contributed by atoms with Crippen LogP contribution in [0.25, 0.3) is 0 Å². The molecule has 0 spiro atoms. The Balaban J connectivity index is 2.06. The number of fused-ring (bicyclic) bond motifs is 1. The molecule has 2 aromatic carbocycles. The molecule has 0 aromatic heterocycles. The highest BCUT2D eigenvalue weighted by molar-refractivity contribution is 5.79. The molecule has 0 unspecified atom stereocenters. The maximum absolute atomic E-state index is 3.59. The van der Waals surface area contributed by atoms with Gasteiger partial charge in [-0.3, -0.25) is 0 Å². The summed E-state index contributed by atoms with van der Waals surface area (Å²) in [6, 6.07) is 15.4. The van der Waals surface area contributed by atoms with Crippen LogP contribution in [-0.2, 0) is 6.42 Å². The number of anilines is 3. The normalized spacial score (nSPS) is 13.5. The summed E-state index contributed by atoms with van der Waals surface area (Å²) in [5, 5.41) is 3.59. The van der Waals surface area contributed by atoms with Crippen molar-refractivity contribution in [3.8, 4) is 0 Å². The van der Waals surface area contributed by atoms with Gasteiger partial charge in [0.1, 0.15) is 0 Å². The van der Waals surface area contributed by atoms with E-state index in [-0.39, 0.29) is 0 Å². The molecule has 0 saturated heterocycles. The highest BCUT2D eigenvalue weighted by Gasteiger charge is 2.17. The van der Waals surface area contributed by atoms with E-state index in [0.717, 1.165) is 13.1 Å². The van der Waals surface area contributed by atoms with E-state index in [9.17, 15) is 0 Å². The largest absolute Gasteiger partial charge is 0.383 e. The molecular weight excluding hydrogens is 244 g/mol. The minimum Gasteiger partial charge on any atom is -0.383 e. The van der Waals surface area contributed by atoms with Crippen LogP contribution in [0.3, 0.4) is 0 Å². The molecule has 0 amide bonds. The van der Waals surface area contributed by atoms with Crippen LogP contribution in [0.15, 0.2) is 42.5 Å². The third-order valence-corrected chi connectivity index (χ3v) is 3.97. The van der Waals surface area contributed by atoms with Crippen LogP contribution in [0, 0.1) is 6.92 Å². The van der Waals surface area contributed by atoms with E-state index in [4.69, 9.17) is 0 Å². The monoisotopic (exact) mass is 266 g/mol. The van der Waals surface area contributed by atoms with Crippen LogP contribution in [0.1, 0.15) is 24.5 Å². The lowest BCUT2D eigenvalue weighted by atomic mass is 10.0. The number of nitrogens with zero attached hydrogens (tertiary/aromatic N) is 1. The lowest BCUT2D eigenvalue weighted by Gasteiger charge is -2.29. The summed E-state index contributed by atoms with van der Waals surface area (Å²) in [7, 11) is 0. The fourth-order valence-corrected chi connectivity index (χ4v) is 3.00. The predicted octanol–water partition coefficient (Wildman–Crippen LogP) is 4.51. The maximum Gasteiger partial charge on any atom is 0.0649 e. The number of hydrogen-bond donors (Lipinski definition) is 1. The minimum absolute atomic E-state index is 0.974. The average molecular weight is 266 g/mol. The molecule has 2 heteroatoms. The van der Waals surface area contributed by atoms with Crippen molar-refractivity contribution in [2.75, 3.05) is 23.3 Å². The van der Waals surface area contributed by atoms with E-state index in [2.05, 4.69) is 66.5 Å². The molecule has 0 atom stereocenters. The molecule has 0 aliphatic carbocycles. The molecule has 1 heterocycles. The Morgan fingerprint density at radius 2 is 2.00 bits per heavy atom. The minimum atomic E-state index is 0.974. The van der Waals surface area contributed by atoms with E-state index in [0.29, 0.717) is 0 Å². The fraction of sp³-hybridized carbons (Fsp3) is 0.333. The van der Waals surface area contributed by atoms with Crippen molar-refractivity contribution in [2.24, 2.45) is 0 Å². The van der Waals surface area contributed by atoms with Crippen LogP contribution in [-0.4, -0.2) is 13.1 Å². The Morgan fingerprint density at radius 3 is 2.80 bits per heavy atom. The lowest BCUT2D eigenvalue weighted by molar-refractivity contribution is 0.827. The first-order valence-corrected chi connectivity index (χ1v) is 7.49. The van der Waals surface area contributed by atoms with Crippen molar-refractivity contribution in [1.82, 2.24) is 0 Å². The van der Waals surface area contributed by atoms with Gasteiger partial charge in [0.25, 0.3) is 0 Å². The molecule has 0 fully saturated rings. The van der Waals surface area contributed by atoms with Gasteiger partial charge in [-0.2, -0.15) is 0 Å². The molecule has 0 bridgehead atoms. The number of para-hydroxylation sites is 1. The van der Waals surface area contributed by atoms with Crippen molar-refractivity contribution >= 4 is 17.1 Å². The van der Waals surface area contributed by atoms with Crippen molar-refractivity contribution in [2.45, 2.75) is 26.7 Å². The van der Waals surface area contributed by atoms with E-state index >= 15 is 0 Å². The van der Waals surface area contributed by atoms with Crippen LogP contribution in [0.2, 0.25) is 0 Å². The number of nitrogens with one attached hydrogen (secondary N) is 1. The molecule has 0 radical (unpaired) electrons. The Labute approximate surface area is 121 Å². The first kappa shape index (κ1) is 13.0. The first-order chi connectivity index (χ1) is 9.79. The van der Waals surface area contributed by atoms with Crippen LogP contribution in [0.5, 0.6) is 0 Å². The van der Waals surface area contributed by atoms with Crippen LogP contribution >= 0.6 is 0 Å². The predicted molar refractivity (Wildman–Crippen MR) is 87.1 cm³/mol. The van der Waals surface area contributed by atoms with Crippen molar-refractivity contribution in [3.63, 3.8) is 0 Å². The molecule has 3 rings (SSSR count). The molecule has 2 aromatic rings. The zero-order chi connectivity index (χ0) is 13.9. The second-order valence-electron chi connectivity index (χ2n) is 5.42. The summed E-state index contributed by atoms with van der Waals surface area (Å²) in [6.45, 7) is 6.41. The van der Waals surface area contributed by atoms with E-state index in [1.807, 2.05) is 0 Å². The van der Waals surface area contributed by atoms with Crippen LogP contribution < -0.4 is 10.2 Å². The van der Waals surface area contributed by atoms with Gasteiger partial charge in [0.2, 0.25) is 0 Å². The second kappa shape index (κ2) is 5.58. The van der Waals surface area contributed by atoms with Gasteiger partial charge in [-0.25, -0.2) is 0 Å². The average Bonchev–Trinajstić information content (AvgIpc) is 2.48. The van der Waals surface area contributed by atoms with Gasteiger partial charge in [-0.05, 0) is 56.0 Å². The van der Waals surface area contributed by atoms with E-state index in [1.165, 1.54) is 41.0 Å². The highest BCUT2D eigenvalue weighted by Crippen LogP contribution is 2.36. The SMILES string of the molecule is CCN(c1cccc(C)c1)c1cccc2c1NCCC2. The highest BCUT2D eigenvalue weighted by atomic mass is 15.1. The third-order valence-electron chi connectivity index (χ3n) is 3.97. The van der Waals surface area contributed by atoms with Gasteiger partial charge >= 0.3 is 0 Å². The van der Waals surface area contributed by atoms with E-state index < -0.39 is 0 Å². The molecule has 1 N–H and O–H groups in total. The van der Waals surface area contributed by atoms with E-state index in [1.54, 1.807) is 0 Å². The summed E-state index contributed by atoms with van der Waals surface area (Å²) in [6.07, 6.45) is 2.41. The summed E-state index contributed by atoms with van der Waals surface area (Å²) in [5.74, 6) is 0. The Morgan fingerprint density at radius 1 is 1.15 bits per heavy atom. The van der Waals surface area contributed by atoms with Crippen molar-refractivity contribution in [3.05, 3.63) is 53.6 Å². The quantitative estimate of drug-likeness (QED) is 0.879. The van der Waals surface area contributed by atoms with Crippen molar-refractivity contribution in [1.29, 1.82) is 0 Å². The summed E-state index contributed by atoms with van der Waals surface area (Å²) in [4.78, 5) is 2.39. The Kier molecular flexibility index (Phi) is 3.64. The Bertz CT molecular complexity index is 604. The number of hydrogen-bond acceptors (Lipinski definition) is 2. The van der Waals surface area contributed by atoms with Gasteiger partial charge in [0.05, 0.1) is 11.4 Å². The summed E-state index contributed by atoms with van der Waals surface area (Å²) >= 11 is 0. The zero-order valence-electron chi connectivity index (χ0n) is 12.3. The molecule has 2 nitrogen and oxygen atoms in total.